The van der Waals surface area contributed by atoms with Gasteiger partial charge in [-0.1, -0.05) is 6.07 Å². The van der Waals surface area contributed by atoms with Gasteiger partial charge in [-0.25, -0.2) is 0 Å². The Kier molecular flexibility index (Phi) is 6.50. The lowest BCUT2D eigenvalue weighted by atomic mass is 10.1. The highest BCUT2D eigenvalue weighted by Gasteiger charge is 2.41. The first kappa shape index (κ1) is 21.9. The number of rotatable bonds is 8. The normalized spacial score (nSPS) is 18.6. The molecule has 1 aliphatic heterocycles. The lowest BCUT2D eigenvalue weighted by Crippen LogP contribution is -2.51. The average molecular weight is 432 g/mol. The molecule has 0 bridgehead atoms. The van der Waals surface area contributed by atoms with Crippen molar-refractivity contribution in [1.29, 1.82) is 0 Å². The van der Waals surface area contributed by atoms with Gasteiger partial charge in [0, 0.05) is 18.7 Å². The van der Waals surface area contributed by atoms with Crippen LogP contribution in [0.15, 0.2) is 66.4 Å². The highest BCUT2D eigenvalue weighted by molar-refractivity contribution is 7.91. The first-order chi connectivity index (χ1) is 14.4. The Labute approximate surface area is 177 Å². The van der Waals surface area contributed by atoms with Crippen LogP contribution in [0.3, 0.4) is 0 Å². The van der Waals surface area contributed by atoms with Crippen molar-refractivity contribution in [3.05, 3.63) is 66.4 Å². The predicted molar refractivity (Wildman–Crippen MR) is 118 cm³/mol. The van der Waals surface area contributed by atoms with Gasteiger partial charge in [0.25, 0.3) is 0 Å². The van der Waals surface area contributed by atoms with Crippen LogP contribution in [-0.2, 0) is 10.0 Å². The van der Waals surface area contributed by atoms with E-state index in [1.165, 1.54) is 0 Å². The number of nitrogens with two attached hydrogens (primary N) is 1. The van der Waals surface area contributed by atoms with Crippen LogP contribution >= 0.6 is 0 Å². The van der Waals surface area contributed by atoms with Gasteiger partial charge in [0.1, 0.15) is 18.5 Å². The van der Waals surface area contributed by atoms with Gasteiger partial charge in [-0.05, 0) is 48.9 Å². The maximum absolute atomic E-state index is 13.0. The van der Waals surface area contributed by atoms with Crippen molar-refractivity contribution in [2.75, 3.05) is 33.1 Å². The number of para-hydroxylation sites is 1. The zero-order valence-corrected chi connectivity index (χ0v) is 18.2. The Balaban J connectivity index is 1.97. The summed E-state index contributed by atoms with van der Waals surface area (Å²) in [5, 5.41) is 0. The molecule has 0 saturated carbocycles. The minimum absolute atomic E-state index is 0.0137. The quantitative estimate of drug-likeness (QED) is 0.643. The summed E-state index contributed by atoms with van der Waals surface area (Å²) in [6.07, 6.45) is 5.35. The van der Waals surface area contributed by atoms with Crippen LogP contribution in [0.1, 0.15) is 6.92 Å². The maximum atomic E-state index is 13.0. The Morgan fingerprint density at radius 2 is 1.67 bits per heavy atom. The van der Waals surface area contributed by atoms with Gasteiger partial charge in [0.2, 0.25) is 5.75 Å². The van der Waals surface area contributed by atoms with Crippen molar-refractivity contribution in [3.63, 3.8) is 0 Å². The summed E-state index contributed by atoms with van der Waals surface area (Å²) >= 11 is 0. The number of benzene rings is 2. The minimum Gasteiger partial charge on any atom is -0.493 e. The van der Waals surface area contributed by atoms with Gasteiger partial charge >= 0.3 is 10.0 Å². The molecule has 1 unspecified atom stereocenters. The predicted octanol–water partition coefficient (Wildman–Crippen LogP) is 3.57. The van der Waals surface area contributed by atoms with Crippen LogP contribution in [0.4, 0.5) is 5.69 Å². The molecule has 2 aromatic carbocycles. The van der Waals surface area contributed by atoms with E-state index >= 15 is 0 Å². The van der Waals surface area contributed by atoms with Gasteiger partial charge in [0.15, 0.2) is 17.2 Å². The Morgan fingerprint density at radius 1 is 1.03 bits per heavy atom. The minimum atomic E-state index is -3.48. The van der Waals surface area contributed by atoms with Crippen molar-refractivity contribution < 1.29 is 22.6 Å². The molecule has 1 heterocycles. The highest BCUT2D eigenvalue weighted by Crippen LogP contribution is 2.41. The third-order valence-electron chi connectivity index (χ3n) is 5.13. The van der Waals surface area contributed by atoms with Crippen LogP contribution in [0.5, 0.6) is 23.0 Å². The molecule has 7 nitrogen and oxygen atoms in total. The molecule has 160 valence electrons. The molecule has 1 aliphatic rings. The monoisotopic (exact) mass is 431 g/mol. The number of hydrogen-bond donors (Lipinski definition) is 1. The molecule has 0 spiro atoms. The molecular weight excluding hydrogens is 404 g/mol. The molecule has 0 amide bonds. The van der Waals surface area contributed by atoms with E-state index in [1.807, 2.05) is 12.1 Å². The number of methoxy groups -OCH3 is 2. The molecule has 2 aromatic rings. The molecule has 0 aromatic heterocycles. The van der Waals surface area contributed by atoms with E-state index < -0.39 is 10.0 Å². The van der Waals surface area contributed by atoms with E-state index in [0.29, 0.717) is 41.8 Å². The highest BCUT2D eigenvalue weighted by atomic mass is 32.2. The largest absolute Gasteiger partial charge is 0.493 e. The van der Waals surface area contributed by atoms with Crippen molar-refractivity contribution in [1.82, 2.24) is 3.89 Å². The molecule has 1 atom stereocenters. The van der Waals surface area contributed by atoms with Crippen LogP contribution in [0.25, 0.3) is 0 Å². The van der Waals surface area contributed by atoms with Gasteiger partial charge in [-0.3, -0.25) is 0 Å². The van der Waals surface area contributed by atoms with E-state index in [2.05, 4.69) is 0 Å². The third-order valence-corrected chi connectivity index (χ3v) is 7.33. The number of sulfonamides is 1. The molecule has 30 heavy (non-hydrogen) atoms. The average Bonchev–Trinajstić information content (AvgIpc) is 2.79. The zero-order valence-electron chi connectivity index (χ0n) is 17.4. The van der Waals surface area contributed by atoms with E-state index in [1.54, 1.807) is 69.8 Å². The molecule has 0 radical (unpaired) electrons. The van der Waals surface area contributed by atoms with E-state index in [9.17, 15) is 8.42 Å². The standard InChI is InChI=1S/C22H27N2O5S/c1-4-30(25,26)24(14-12-17(16-23)13-15-24)18-8-10-19(11-9-18)29-22-20(27-2)6-5-7-21(22)28-3/h5-14H,4,15-16,23H2,1-3H3/q+1. The van der Waals surface area contributed by atoms with Crippen molar-refractivity contribution in [2.45, 2.75) is 6.92 Å². The van der Waals surface area contributed by atoms with Gasteiger partial charge < -0.3 is 19.9 Å². The fourth-order valence-corrected chi connectivity index (χ4v) is 4.79. The van der Waals surface area contributed by atoms with Crippen LogP contribution < -0.4 is 23.8 Å². The first-order valence-electron chi connectivity index (χ1n) is 9.59. The molecule has 3 rings (SSSR count). The SMILES string of the molecule is CCS(=O)(=O)[N+]1(c2ccc(Oc3c(OC)cccc3OC)cc2)C=CC(CN)=CC1. The molecule has 0 saturated heterocycles. The molecule has 8 heteroatoms. The summed E-state index contributed by atoms with van der Waals surface area (Å²) < 4.78 is 42.4. The zero-order chi connectivity index (χ0) is 21.8. The molecular formula is C22H27N2O5S+. The Hall–Kier alpha value is -2.81. The van der Waals surface area contributed by atoms with Crippen molar-refractivity contribution in [2.24, 2.45) is 5.73 Å². The summed E-state index contributed by atoms with van der Waals surface area (Å²) in [5.74, 6) is 2.07. The van der Waals surface area contributed by atoms with E-state index in [-0.39, 0.29) is 9.64 Å². The fourth-order valence-electron chi connectivity index (χ4n) is 3.34. The fraction of sp³-hybridized carbons (Fsp3) is 0.273. The first-order valence-corrected chi connectivity index (χ1v) is 11.2. The maximum Gasteiger partial charge on any atom is 0.306 e. The number of nitrogens with zero attached hydrogens (tertiary/aromatic N) is 1. The smallest absolute Gasteiger partial charge is 0.306 e. The van der Waals surface area contributed by atoms with Crippen LogP contribution in [0, 0.1) is 0 Å². The summed E-state index contributed by atoms with van der Waals surface area (Å²) in [7, 11) is -0.365. The third kappa shape index (κ3) is 3.94. The second-order valence-electron chi connectivity index (χ2n) is 6.74. The van der Waals surface area contributed by atoms with E-state index in [4.69, 9.17) is 19.9 Å². The second-order valence-corrected chi connectivity index (χ2v) is 9.13. The van der Waals surface area contributed by atoms with Gasteiger partial charge in [0.05, 0.1) is 20.0 Å². The number of ether oxygens (including phenoxy) is 3. The molecule has 2 N–H and O–H groups in total. The Morgan fingerprint density at radius 3 is 2.13 bits per heavy atom. The lowest BCUT2D eigenvalue weighted by Gasteiger charge is -2.33. The summed E-state index contributed by atoms with van der Waals surface area (Å²) in [6.45, 7) is 2.31. The summed E-state index contributed by atoms with van der Waals surface area (Å²) in [4.78, 5) is 0. The van der Waals surface area contributed by atoms with Crippen LogP contribution in [-0.4, -0.2) is 41.5 Å². The van der Waals surface area contributed by atoms with Gasteiger partial charge in [-0.15, -0.1) is 0 Å². The van der Waals surface area contributed by atoms with Crippen molar-refractivity contribution in [3.8, 4) is 23.0 Å². The molecule has 0 aliphatic carbocycles. The number of hydrogen-bond acceptors (Lipinski definition) is 6. The molecule has 0 fully saturated rings. The topological polar surface area (TPSA) is 87.9 Å². The summed E-state index contributed by atoms with van der Waals surface area (Å²) in [5.41, 5.74) is 7.24. The lowest BCUT2D eigenvalue weighted by molar-refractivity contribution is 0.346. The Bertz CT molecular complexity index is 1040. The van der Waals surface area contributed by atoms with E-state index in [0.717, 1.165) is 5.57 Å². The second kappa shape index (κ2) is 8.91. The van der Waals surface area contributed by atoms with Crippen molar-refractivity contribution >= 4 is 15.7 Å². The number of quaternary nitrogens is 1. The summed E-state index contributed by atoms with van der Waals surface area (Å²) in [6, 6.07) is 12.4. The van der Waals surface area contributed by atoms with Crippen LogP contribution in [0.2, 0.25) is 0 Å². The van der Waals surface area contributed by atoms with Gasteiger partial charge in [-0.2, -0.15) is 12.3 Å².